The van der Waals surface area contributed by atoms with E-state index in [1.54, 1.807) is 7.11 Å². The second kappa shape index (κ2) is 3.42. The van der Waals surface area contributed by atoms with Crippen LogP contribution in [0.1, 0.15) is 6.42 Å². The van der Waals surface area contributed by atoms with Gasteiger partial charge in [0.05, 0.1) is 7.11 Å². The Bertz CT molecular complexity index is 350. The van der Waals surface area contributed by atoms with Crippen LogP contribution in [0.2, 0.25) is 0 Å². The van der Waals surface area contributed by atoms with E-state index in [-0.39, 0.29) is 0 Å². The van der Waals surface area contributed by atoms with E-state index in [1.165, 1.54) is 12.1 Å². The maximum atomic E-state index is 5.24. The molecule has 3 fully saturated rings. The molecule has 3 heterocycles. The first-order chi connectivity index (χ1) is 7.35. The molecule has 3 heteroatoms. The third-order valence-electron chi connectivity index (χ3n) is 3.34. The maximum Gasteiger partial charge on any atom is 0.120 e. The van der Waals surface area contributed by atoms with E-state index in [4.69, 9.17) is 4.74 Å². The highest BCUT2D eigenvalue weighted by molar-refractivity contribution is 5.52. The van der Waals surface area contributed by atoms with Crippen molar-refractivity contribution in [2.24, 2.45) is 0 Å². The predicted molar refractivity (Wildman–Crippen MR) is 60.5 cm³/mol. The molecule has 0 saturated carbocycles. The average molecular weight is 204 g/mol. The number of rotatable bonds is 2. The lowest BCUT2D eigenvalue weighted by atomic mass is 9.91. The largest absolute Gasteiger partial charge is 0.497 e. The van der Waals surface area contributed by atoms with Gasteiger partial charge in [-0.05, 0) is 18.6 Å². The standard InChI is InChI=1S/C12H16N2O/c1-15-12-4-2-3-11(6-12)14-7-9-5-10(8-14)13-9/h2-4,6,9-10,13H,5,7-8H2,1H3. The van der Waals surface area contributed by atoms with Crippen LogP contribution in [-0.4, -0.2) is 32.3 Å². The van der Waals surface area contributed by atoms with Gasteiger partial charge in [0.15, 0.2) is 0 Å². The summed E-state index contributed by atoms with van der Waals surface area (Å²) in [6.07, 6.45) is 1.35. The molecular formula is C12H16N2O. The van der Waals surface area contributed by atoms with Gasteiger partial charge in [-0.25, -0.2) is 0 Å². The number of piperidine rings is 1. The van der Waals surface area contributed by atoms with E-state index in [1.807, 2.05) is 6.07 Å². The monoisotopic (exact) mass is 204 g/mol. The Morgan fingerprint density at radius 3 is 2.73 bits per heavy atom. The first-order valence-corrected chi connectivity index (χ1v) is 5.50. The summed E-state index contributed by atoms with van der Waals surface area (Å²) in [4.78, 5) is 2.44. The lowest BCUT2D eigenvalue weighted by molar-refractivity contribution is 0.226. The van der Waals surface area contributed by atoms with E-state index in [0.29, 0.717) is 12.1 Å². The summed E-state index contributed by atoms with van der Waals surface area (Å²) in [7, 11) is 1.72. The minimum Gasteiger partial charge on any atom is -0.497 e. The second-order valence-corrected chi connectivity index (χ2v) is 4.40. The Morgan fingerprint density at radius 1 is 1.33 bits per heavy atom. The Hall–Kier alpha value is -1.22. The molecule has 1 aromatic rings. The van der Waals surface area contributed by atoms with Crippen LogP contribution >= 0.6 is 0 Å². The van der Waals surface area contributed by atoms with Crippen LogP contribution in [0.5, 0.6) is 5.75 Å². The van der Waals surface area contributed by atoms with Crippen LogP contribution in [0.3, 0.4) is 0 Å². The molecule has 2 atom stereocenters. The maximum absolute atomic E-state index is 5.24. The molecule has 2 bridgehead atoms. The van der Waals surface area contributed by atoms with Crippen molar-refractivity contribution in [1.29, 1.82) is 0 Å². The Morgan fingerprint density at radius 2 is 2.07 bits per heavy atom. The molecule has 0 spiro atoms. The van der Waals surface area contributed by atoms with Gasteiger partial charge in [-0.3, -0.25) is 0 Å². The molecule has 0 amide bonds. The second-order valence-electron chi connectivity index (χ2n) is 4.40. The lowest BCUT2D eigenvalue weighted by Gasteiger charge is -2.49. The number of nitrogens with zero attached hydrogens (tertiary/aromatic N) is 1. The number of hydrogen-bond acceptors (Lipinski definition) is 3. The normalized spacial score (nSPS) is 28.5. The molecule has 1 aromatic carbocycles. The first kappa shape index (κ1) is 9.04. The number of anilines is 1. The van der Waals surface area contributed by atoms with Crippen LogP contribution in [-0.2, 0) is 0 Å². The van der Waals surface area contributed by atoms with Gasteiger partial charge in [-0.2, -0.15) is 0 Å². The molecule has 3 saturated heterocycles. The van der Waals surface area contributed by atoms with Crippen molar-refractivity contribution in [3.63, 3.8) is 0 Å². The van der Waals surface area contributed by atoms with Crippen molar-refractivity contribution in [3.8, 4) is 5.75 Å². The number of piperazine rings is 1. The van der Waals surface area contributed by atoms with E-state index in [9.17, 15) is 0 Å². The van der Waals surface area contributed by atoms with Gasteiger partial charge in [0.1, 0.15) is 5.75 Å². The van der Waals surface area contributed by atoms with Crippen molar-refractivity contribution >= 4 is 5.69 Å². The van der Waals surface area contributed by atoms with Gasteiger partial charge in [0.2, 0.25) is 0 Å². The summed E-state index contributed by atoms with van der Waals surface area (Å²) in [5.74, 6) is 0.944. The van der Waals surface area contributed by atoms with Gasteiger partial charge >= 0.3 is 0 Å². The fourth-order valence-electron chi connectivity index (χ4n) is 2.53. The highest BCUT2D eigenvalue weighted by atomic mass is 16.5. The Labute approximate surface area is 90.0 Å². The topological polar surface area (TPSA) is 24.5 Å². The minimum absolute atomic E-state index is 0.704. The van der Waals surface area contributed by atoms with E-state index in [0.717, 1.165) is 18.8 Å². The minimum atomic E-state index is 0.704. The summed E-state index contributed by atoms with van der Waals surface area (Å²) < 4.78 is 5.24. The van der Waals surface area contributed by atoms with Crippen molar-refractivity contribution in [3.05, 3.63) is 24.3 Å². The number of fused-ring (bicyclic) bond motifs is 2. The fourth-order valence-corrected chi connectivity index (χ4v) is 2.53. The van der Waals surface area contributed by atoms with E-state index in [2.05, 4.69) is 28.4 Å². The molecular weight excluding hydrogens is 188 g/mol. The van der Waals surface area contributed by atoms with Crippen LogP contribution in [0.4, 0.5) is 5.69 Å². The van der Waals surface area contributed by atoms with Crippen LogP contribution in [0.25, 0.3) is 0 Å². The fraction of sp³-hybridized carbons (Fsp3) is 0.500. The molecule has 15 heavy (non-hydrogen) atoms. The highest BCUT2D eigenvalue weighted by Crippen LogP contribution is 2.28. The summed E-state index contributed by atoms with van der Waals surface area (Å²) >= 11 is 0. The average Bonchev–Trinajstić information content (AvgIpc) is 2.28. The molecule has 0 aliphatic carbocycles. The molecule has 3 aliphatic rings. The van der Waals surface area contributed by atoms with Crippen molar-refractivity contribution in [2.75, 3.05) is 25.1 Å². The third-order valence-corrected chi connectivity index (χ3v) is 3.34. The Balaban J connectivity index is 1.80. The van der Waals surface area contributed by atoms with Crippen molar-refractivity contribution in [2.45, 2.75) is 18.5 Å². The highest BCUT2D eigenvalue weighted by Gasteiger charge is 2.36. The molecule has 3 nitrogen and oxygen atoms in total. The van der Waals surface area contributed by atoms with Crippen LogP contribution < -0.4 is 15.0 Å². The zero-order valence-corrected chi connectivity index (χ0v) is 8.94. The summed E-state index contributed by atoms with van der Waals surface area (Å²) in [5.41, 5.74) is 1.28. The van der Waals surface area contributed by atoms with Gasteiger partial charge in [-0.15, -0.1) is 0 Å². The van der Waals surface area contributed by atoms with E-state index < -0.39 is 0 Å². The van der Waals surface area contributed by atoms with Crippen molar-refractivity contribution in [1.82, 2.24) is 5.32 Å². The molecule has 4 rings (SSSR count). The van der Waals surface area contributed by atoms with Crippen LogP contribution in [0.15, 0.2) is 24.3 Å². The number of methoxy groups -OCH3 is 1. The zero-order valence-electron chi connectivity index (χ0n) is 8.94. The molecule has 80 valence electrons. The summed E-state index contributed by atoms with van der Waals surface area (Å²) in [5, 5.41) is 3.53. The smallest absolute Gasteiger partial charge is 0.120 e. The number of ether oxygens (including phenoxy) is 1. The summed E-state index contributed by atoms with van der Waals surface area (Å²) in [6.45, 7) is 2.26. The van der Waals surface area contributed by atoms with Crippen LogP contribution in [0, 0.1) is 0 Å². The molecule has 1 N–H and O–H groups in total. The number of benzene rings is 1. The lowest BCUT2D eigenvalue weighted by Crippen LogP contribution is -2.67. The van der Waals surface area contributed by atoms with Gasteiger partial charge < -0.3 is 15.0 Å². The number of nitrogens with one attached hydrogen (secondary N) is 1. The quantitative estimate of drug-likeness (QED) is 0.784. The number of hydrogen-bond donors (Lipinski definition) is 1. The third kappa shape index (κ3) is 1.57. The summed E-state index contributed by atoms with van der Waals surface area (Å²) in [6, 6.07) is 9.73. The molecule has 0 aromatic heterocycles. The molecule has 3 aliphatic heterocycles. The Kier molecular flexibility index (Phi) is 2.06. The van der Waals surface area contributed by atoms with E-state index >= 15 is 0 Å². The first-order valence-electron chi connectivity index (χ1n) is 5.50. The zero-order chi connectivity index (χ0) is 10.3. The predicted octanol–water partition coefficient (Wildman–Crippen LogP) is 1.25. The van der Waals surface area contributed by atoms with Gasteiger partial charge in [-0.1, -0.05) is 6.07 Å². The van der Waals surface area contributed by atoms with Gasteiger partial charge in [0, 0.05) is 36.9 Å². The molecule has 0 radical (unpaired) electrons. The molecule has 2 unspecified atom stereocenters. The van der Waals surface area contributed by atoms with Crippen molar-refractivity contribution < 1.29 is 4.74 Å². The van der Waals surface area contributed by atoms with Gasteiger partial charge in [0.25, 0.3) is 0 Å². The SMILES string of the molecule is COc1cccc(N2CC3CC(C2)N3)c1.